The maximum absolute atomic E-state index is 12.4. The van der Waals surface area contributed by atoms with E-state index < -0.39 is 5.97 Å². The molecule has 96 valence electrons. The molecule has 0 saturated carbocycles. The lowest BCUT2D eigenvalue weighted by Gasteiger charge is -2.08. The lowest BCUT2D eigenvalue weighted by Crippen LogP contribution is -2.08. The molecule has 0 atom stereocenters. The van der Waals surface area contributed by atoms with E-state index in [1.165, 1.54) is 6.92 Å². The second kappa shape index (κ2) is 5.80. The third-order valence-electron chi connectivity index (χ3n) is 2.48. The number of carbonyl (C=O) groups excluding carboxylic acids is 2. The van der Waals surface area contributed by atoms with Gasteiger partial charge in [-0.25, -0.2) is 0 Å². The van der Waals surface area contributed by atoms with Crippen molar-refractivity contribution < 1.29 is 14.3 Å². The molecule has 0 aliphatic rings. The van der Waals surface area contributed by atoms with Crippen molar-refractivity contribution in [3.05, 3.63) is 64.1 Å². The molecule has 0 spiro atoms. The zero-order valence-corrected chi connectivity index (χ0v) is 11.8. The summed E-state index contributed by atoms with van der Waals surface area (Å²) in [4.78, 5) is 23.4. The van der Waals surface area contributed by atoms with E-state index in [4.69, 9.17) is 4.74 Å². The Balaban J connectivity index is 2.44. The first-order valence-corrected chi connectivity index (χ1v) is 6.45. The average molecular weight is 319 g/mol. The van der Waals surface area contributed by atoms with Gasteiger partial charge >= 0.3 is 5.97 Å². The van der Waals surface area contributed by atoms with Crippen LogP contribution in [0.1, 0.15) is 22.8 Å². The van der Waals surface area contributed by atoms with E-state index >= 15 is 0 Å². The van der Waals surface area contributed by atoms with Crippen LogP contribution in [0.25, 0.3) is 0 Å². The second-order valence-electron chi connectivity index (χ2n) is 3.93. The standard InChI is InChI=1S/C15H11BrO3/c1-10(17)19-14-9-12(16)7-8-13(14)15(18)11-5-3-2-4-6-11/h2-9H,1H3. The van der Waals surface area contributed by atoms with Crippen LogP contribution in [0.15, 0.2) is 53.0 Å². The van der Waals surface area contributed by atoms with Gasteiger partial charge < -0.3 is 4.74 Å². The summed E-state index contributed by atoms with van der Waals surface area (Å²) >= 11 is 3.29. The monoisotopic (exact) mass is 318 g/mol. The summed E-state index contributed by atoms with van der Waals surface area (Å²) in [5, 5.41) is 0. The second-order valence-corrected chi connectivity index (χ2v) is 4.84. The highest BCUT2D eigenvalue weighted by Crippen LogP contribution is 2.26. The Labute approximate surface area is 119 Å². The molecule has 0 N–H and O–H groups in total. The predicted molar refractivity (Wildman–Crippen MR) is 75.3 cm³/mol. The molecule has 0 radical (unpaired) electrons. The van der Waals surface area contributed by atoms with Crippen LogP contribution in [0, 0.1) is 0 Å². The Bertz CT molecular complexity index is 621. The SMILES string of the molecule is CC(=O)Oc1cc(Br)ccc1C(=O)c1ccccc1. The molecular weight excluding hydrogens is 308 g/mol. The van der Waals surface area contributed by atoms with Gasteiger partial charge in [0.05, 0.1) is 5.56 Å². The van der Waals surface area contributed by atoms with Gasteiger partial charge in [0.2, 0.25) is 0 Å². The van der Waals surface area contributed by atoms with Crippen molar-refractivity contribution in [3.8, 4) is 5.75 Å². The fourth-order valence-electron chi connectivity index (χ4n) is 1.67. The van der Waals surface area contributed by atoms with E-state index in [0.29, 0.717) is 11.1 Å². The lowest BCUT2D eigenvalue weighted by atomic mass is 10.0. The zero-order valence-electron chi connectivity index (χ0n) is 10.2. The molecule has 0 unspecified atom stereocenters. The number of hydrogen-bond donors (Lipinski definition) is 0. The normalized spacial score (nSPS) is 10.0. The van der Waals surface area contributed by atoms with Crippen molar-refractivity contribution in [1.29, 1.82) is 0 Å². The highest BCUT2D eigenvalue weighted by molar-refractivity contribution is 9.10. The van der Waals surface area contributed by atoms with Gasteiger partial charge in [0.25, 0.3) is 0 Å². The fraction of sp³-hybridized carbons (Fsp3) is 0.0667. The highest BCUT2D eigenvalue weighted by atomic mass is 79.9. The molecule has 0 aliphatic carbocycles. The van der Waals surface area contributed by atoms with E-state index in [0.717, 1.165) is 4.47 Å². The van der Waals surface area contributed by atoms with Crippen LogP contribution < -0.4 is 4.74 Å². The van der Waals surface area contributed by atoms with Crippen LogP contribution in [0.2, 0.25) is 0 Å². The molecule has 2 rings (SSSR count). The molecule has 3 nitrogen and oxygen atoms in total. The molecular formula is C15H11BrO3. The van der Waals surface area contributed by atoms with Crippen molar-refractivity contribution in [1.82, 2.24) is 0 Å². The summed E-state index contributed by atoms with van der Waals surface area (Å²) in [6.45, 7) is 1.30. The molecule has 0 fully saturated rings. The minimum absolute atomic E-state index is 0.177. The van der Waals surface area contributed by atoms with Crippen LogP contribution in [-0.2, 0) is 4.79 Å². The first-order chi connectivity index (χ1) is 9.08. The summed E-state index contributed by atoms with van der Waals surface area (Å²) in [5.74, 6) is -0.375. The van der Waals surface area contributed by atoms with Crippen LogP contribution in [0.3, 0.4) is 0 Å². The Morgan fingerprint density at radius 3 is 2.37 bits per heavy atom. The van der Waals surface area contributed by atoms with E-state index in [1.54, 1.807) is 42.5 Å². The van der Waals surface area contributed by atoms with E-state index in [1.807, 2.05) is 6.07 Å². The Hall–Kier alpha value is -1.94. The number of benzene rings is 2. The van der Waals surface area contributed by atoms with Gasteiger partial charge in [0.1, 0.15) is 5.75 Å². The topological polar surface area (TPSA) is 43.4 Å². The van der Waals surface area contributed by atoms with Gasteiger partial charge in [-0.05, 0) is 18.2 Å². The minimum atomic E-state index is -0.458. The number of rotatable bonds is 3. The quantitative estimate of drug-likeness (QED) is 0.493. The van der Waals surface area contributed by atoms with Gasteiger partial charge in [-0.1, -0.05) is 46.3 Å². The van der Waals surface area contributed by atoms with Crippen LogP contribution in [0.5, 0.6) is 5.75 Å². The summed E-state index contributed by atoms with van der Waals surface area (Å²) < 4.78 is 5.82. The summed E-state index contributed by atoms with van der Waals surface area (Å²) in [6.07, 6.45) is 0. The van der Waals surface area contributed by atoms with Crippen LogP contribution >= 0.6 is 15.9 Å². The molecule has 19 heavy (non-hydrogen) atoms. The van der Waals surface area contributed by atoms with Gasteiger partial charge in [0, 0.05) is 17.0 Å². The zero-order chi connectivity index (χ0) is 13.8. The molecule has 2 aromatic carbocycles. The molecule has 0 aliphatic heterocycles. The molecule has 0 aromatic heterocycles. The summed E-state index contributed by atoms with van der Waals surface area (Å²) in [6, 6.07) is 13.9. The number of halogens is 1. The predicted octanol–water partition coefficient (Wildman–Crippen LogP) is 3.61. The number of ketones is 1. The summed E-state index contributed by atoms with van der Waals surface area (Å²) in [7, 11) is 0. The van der Waals surface area contributed by atoms with Crippen LogP contribution in [0.4, 0.5) is 0 Å². The maximum Gasteiger partial charge on any atom is 0.308 e. The Morgan fingerprint density at radius 2 is 1.74 bits per heavy atom. The fourth-order valence-corrected chi connectivity index (χ4v) is 2.01. The van der Waals surface area contributed by atoms with Gasteiger partial charge in [-0.15, -0.1) is 0 Å². The lowest BCUT2D eigenvalue weighted by molar-refractivity contribution is -0.131. The first kappa shape index (κ1) is 13.5. The number of hydrogen-bond acceptors (Lipinski definition) is 3. The molecule has 4 heteroatoms. The highest BCUT2D eigenvalue weighted by Gasteiger charge is 2.16. The maximum atomic E-state index is 12.4. The smallest absolute Gasteiger partial charge is 0.308 e. The molecule has 0 bridgehead atoms. The first-order valence-electron chi connectivity index (χ1n) is 5.65. The van der Waals surface area contributed by atoms with E-state index in [-0.39, 0.29) is 11.5 Å². The molecule has 0 amide bonds. The van der Waals surface area contributed by atoms with Crippen molar-refractivity contribution in [2.75, 3.05) is 0 Å². The van der Waals surface area contributed by atoms with Crippen molar-refractivity contribution in [3.63, 3.8) is 0 Å². The third-order valence-corrected chi connectivity index (χ3v) is 2.97. The number of ether oxygens (including phenoxy) is 1. The third kappa shape index (κ3) is 3.29. The van der Waals surface area contributed by atoms with Crippen molar-refractivity contribution in [2.45, 2.75) is 6.92 Å². The van der Waals surface area contributed by atoms with E-state index in [9.17, 15) is 9.59 Å². The minimum Gasteiger partial charge on any atom is -0.426 e. The number of carbonyl (C=O) groups is 2. The van der Waals surface area contributed by atoms with Gasteiger partial charge in [0.15, 0.2) is 5.78 Å². The van der Waals surface area contributed by atoms with Gasteiger partial charge in [-0.3, -0.25) is 9.59 Å². The Morgan fingerprint density at radius 1 is 1.05 bits per heavy atom. The number of esters is 1. The largest absolute Gasteiger partial charge is 0.426 e. The van der Waals surface area contributed by atoms with E-state index in [2.05, 4.69) is 15.9 Å². The molecule has 0 heterocycles. The summed E-state index contributed by atoms with van der Waals surface area (Å²) in [5.41, 5.74) is 0.919. The molecule has 2 aromatic rings. The molecule has 0 saturated heterocycles. The average Bonchev–Trinajstić information content (AvgIpc) is 2.38. The van der Waals surface area contributed by atoms with Crippen LogP contribution in [-0.4, -0.2) is 11.8 Å². The van der Waals surface area contributed by atoms with Gasteiger partial charge in [-0.2, -0.15) is 0 Å². The van der Waals surface area contributed by atoms with Crippen molar-refractivity contribution >= 4 is 27.7 Å². The van der Waals surface area contributed by atoms with Crippen molar-refractivity contribution in [2.24, 2.45) is 0 Å². The Kier molecular flexibility index (Phi) is 4.12.